The Bertz CT molecular complexity index is 1480. The highest BCUT2D eigenvalue weighted by Crippen LogP contribution is 2.27. The fourth-order valence-electron chi connectivity index (χ4n) is 3.95. The summed E-state index contributed by atoms with van der Waals surface area (Å²) in [6.07, 6.45) is 3.57. The summed E-state index contributed by atoms with van der Waals surface area (Å²) in [6, 6.07) is 30.9. The highest BCUT2D eigenvalue weighted by Gasteiger charge is 2.12. The fourth-order valence-corrected chi connectivity index (χ4v) is 3.95. The van der Waals surface area contributed by atoms with Crippen LogP contribution in [0.4, 0.5) is 0 Å². The van der Waals surface area contributed by atoms with Crippen molar-refractivity contribution in [1.82, 2.24) is 4.57 Å². The first kappa shape index (κ1) is 21.3. The van der Waals surface area contributed by atoms with E-state index >= 15 is 0 Å². The zero-order valence-electron chi connectivity index (χ0n) is 18.4. The van der Waals surface area contributed by atoms with Gasteiger partial charge in [-0.05, 0) is 52.7 Å². The number of para-hydroxylation sites is 1. The van der Waals surface area contributed by atoms with Crippen LogP contribution in [-0.4, -0.2) is 22.2 Å². The molecule has 1 aromatic heterocycles. The monoisotopic (exact) mass is 449 g/mol. The fraction of sp³-hybridized carbons (Fsp3) is 0.0690. The number of rotatable bonds is 8. The number of hydrogen-bond acceptors (Lipinski definition) is 3. The highest BCUT2D eigenvalue weighted by atomic mass is 16.5. The Morgan fingerprint density at radius 3 is 2.38 bits per heavy atom. The lowest BCUT2D eigenvalue weighted by atomic mass is 10.1. The van der Waals surface area contributed by atoms with Gasteiger partial charge in [0.2, 0.25) is 5.76 Å². The molecule has 0 amide bonds. The van der Waals surface area contributed by atoms with Gasteiger partial charge < -0.3 is 19.1 Å². The number of benzene rings is 4. The van der Waals surface area contributed by atoms with Crippen LogP contribution in [0.15, 0.2) is 109 Å². The lowest BCUT2D eigenvalue weighted by Gasteiger charge is -2.10. The highest BCUT2D eigenvalue weighted by molar-refractivity contribution is 5.93. The summed E-state index contributed by atoms with van der Waals surface area (Å²) in [5.41, 5.74) is 1.89. The van der Waals surface area contributed by atoms with Crippen LogP contribution in [0.1, 0.15) is 5.56 Å². The third-order valence-corrected chi connectivity index (χ3v) is 5.64. The summed E-state index contributed by atoms with van der Waals surface area (Å²) in [4.78, 5) is 11.8. The number of hydrogen-bond donors (Lipinski definition) is 1. The van der Waals surface area contributed by atoms with Gasteiger partial charge in [-0.3, -0.25) is 0 Å². The van der Waals surface area contributed by atoms with Gasteiger partial charge in [-0.25, -0.2) is 4.79 Å². The molecular formula is C29H23NO4. The van der Waals surface area contributed by atoms with E-state index in [1.165, 1.54) is 17.0 Å². The predicted octanol–water partition coefficient (Wildman–Crippen LogP) is 6.38. The van der Waals surface area contributed by atoms with E-state index < -0.39 is 5.97 Å². The first-order valence-electron chi connectivity index (χ1n) is 11.0. The van der Waals surface area contributed by atoms with Gasteiger partial charge in [0.1, 0.15) is 18.1 Å². The quantitative estimate of drug-likeness (QED) is 0.221. The standard InChI is InChI=1S/C29H23NO4/c31-29(32)28(34-27-11-5-8-22-6-1-3-9-25(22)27)20-21-12-14-24(15-13-21)33-19-18-30-17-16-23-7-2-4-10-26(23)30/h1-17,20H,18-19H2,(H,31,32)/b28-20-. The summed E-state index contributed by atoms with van der Waals surface area (Å²) >= 11 is 0. The third-order valence-electron chi connectivity index (χ3n) is 5.64. The minimum atomic E-state index is -1.13. The van der Waals surface area contributed by atoms with Crippen LogP contribution >= 0.6 is 0 Å². The first-order valence-corrected chi connectivity index (χ1v) is 11.0. The van der Waals surface area contributed by atoms with E-state index in [-0.39, 0.29) is 5.76 Å². The molecule has 168 valence electrons. The normalized spacial score (nSPS) is 11.6. The number of aromatic nitrogens is 1. The van der Waals surface area contributed by atoms with Gasteiger partial charge >= 0.3 is 5.97 Å². The zero-order valence-corrected chi connectivity index (χ0v) is 18.4. The second-order valence-electron chi connectivity index (χ2n) is 7.88. The van der Waals surface area contributed by atoms with Crippen molar-refractivity contribution >= 4 is 33.7 Å². The molecule has 5 rings (SSSR count). The topological polar surface area (TPSA) is 60.7 Å². The molecule has 0 spiro atoms. The summed E-state index contributed by atoms with van der Waals surface area (Å²) in [5.74, 6) is -0.0542. The van der Waals surface area contributed by atoms with Crippen molar-refractivity contribution in [3.05, 3.63) is 115 Å². The summed E-state index contributed by atoms with van der Waals surface area (Å²) < 4.78 is 13.8. The molecule has 0 radical (unpaired) electrons. The van der Waals surface area contributed by atoms with Crippen LogP contribution in [0.2, 0.25) is 0 Å². The molecule has 0 unspecified atom stereocenters. The summed E-state index contributed by atoms with van der Waals surface area (Å²) in [6.45, 7) is 1.26. The number of ether oxygens (including phenoxy) is 2. The zero-order chi connectivity index (χ0) is 23.3. The van der Waals surface area contributed by atoms with Gasteiger partial charge in [0.15, 0.2) is 0 Å². The van der Waals surface area contributed by atoms with E-state index in [0.29, 0.717) is 17.9 Å². The molecule has 0 saturated carbocycles. The van der Waals surface area contributed by atoms with Crippen LogP contribution in [-0.2, 0) is 11.3 Å². The van der Waals surface area contributed by atoms with Crippen LogP contribution < -0.4 is 9.47 Å². The number of carboxylic acid groups (broad SMARTS) is 1. The maximum atomic E-state index is 11.8. The molecule has 0 fully saturated rings. The average Bonchev–Trinajstić information content (AvgIpc) is 3.28. The molecular weight excluding hydrogens is 426 g/mol. The van der Waals surface area contributed by atoms with E-state index in [4.69, 9.17) is 9.47 Å². The lowest BCUT2D eigenvalue weighted by molar-refractivity contribution is -0.134. The Balaban J connectivity index is 1.26. The minimum Gasteiger partial charge on any atom is -0.492 e. The molecule has 5 heteroatoms. The molecule has 0 aliphatic rings. The maximum absolute atomic E-state index is 11.8. The van der Waals surface area contributed by atoms with Crippen molar-refractivity contribution < 1.29 is 19.4 Å². The van der Waals surface area contributed by atoms with E-state index in [1.807, 2.05) is 72.8 Å². The van der Waals surface area contributed by atoms with Crippen LogP contribution in [0.3, 0.4) is 0 Å². The second kappa shape index (κ2) is 9.55. The molecule has 5 nitrogen and oxygen atoms in total. The molecule has 5 aromatic rings. The van der Waals surface area contributed by atoms with Crippen LogP contribution in [0.25, 0.3) is 27.8 Å². The Kier molecular flexibility index (Phi) is 5.99. The summed E-state index contributed by atoms with van der Waals surface area (Å²) in [7, 11) is 0. The van der Waals surface area contributed by atoms with E-state index in [2.05, 4.69) is 29.0 Å². The predicted molar refractivity (Wildman–Crippen MR) is 134 cm³/mol. The van der Waals surface area contributed by atoms with Crippen molar-refractivity contribution in [2.24, 2.45) is 0 Å². The first-order chi connectivity index (χ1) is 16.7. The number of fused-ring (bicyclic) bond motifs is 2. The molecule has 0 bridgehead atoms. The van der Waals surface area contributed by atoms with Crippen LogP contribution in [0.5, 0.6) is 11.5 Å². The van der Waals surface area contributed by atoms with E-state index in [1.54, 1.807) is 6.07 Å². The maximum Gasteiger partial charge on any atom is 0.371 e. The minimum absolute atomic E-state index is 0.149. The Morgan fingerprint density at radius 1 is 0.824 bits per heavy atom. The van der Waals surface area contributed by atoms with Gasteiger partial charge in [-0.15, -0.1) is 0 Å². The van der Waals surface area contributed by atoms with Gasteiger partial charge in [0, 0.05) is 17.1 Å². The number of aliphatic carboxylic acids is 1. The van der Waals surface area contributed by atoms with E-state index in [9.17, 15) is 9.90 Å². The Morgan fingerprint density at radius 2 is 1.56 bits per heavy atom. The average molecular weight is 450 g/mol. The molecule has 0 atom stereocenters. The van der Waals surface area contributed by atoms with Gasteiger partial charge in [-0.1, -0.05) is 66.7 Å². The van der Waals surface area contributed by atoms with Gasteiger partial charge in [0.25, 0.3) is 0 Å². The number of carboxylic acids is 1. The molecule has 1 heterocycles. The van der Waals surface area contributed by atoms with Crippen molar-refractivity contribution in [1.29, 1.82) is 0 Å². The largest absolute Gasteiger partial charge is 0.492 e. The molecule has 34 heavy (non-hydrogen) atoms. The van der Waals surface area contributed by atoms with Crippen molar-refractivity contribution in [3.8, 4) is 11.5 Å². The smallest absolute Gasteiger partial charge is 0.371 e. The number of carbonyl (C=O) groups is 1. The van der Waals surface area contributed by atoms with Crippen molar-refractivity contribution in [3.63, 3.8) is 0 Å². The van der Waals surface area contributed by atoms with Gasteiger partial charge in [0.05, 0.1) is 6.54 Å². The van der Waals surface area contributed by atoms with Crippen molar-refractivity contribution in [2.75, 3.05) is 6.61 Å². The van der Waals surface area contributed by atoms with Crippen LogP contribution in [0, 0.1) is 0 Å². The Hall–Kier alpha value is -4.51. The SMILES string of the molecule is O=C(O)/C(=C/c1ccc(OCCn2ccc3ccccc32)cc1)Oc1cccc2ccccc12. The lowest BCUT2D eigenvalue weighted by Crippen LogP contribution is -2.08. The molecule has 4 aromatic carbocycles. The third kappa shape index (κ3) is 4.64. The Labute approximate surface area is 197 Å². The van der Waals surface area contributed by atoms with Gasteiger partial charge in [-0.2, -0.15) is 0 Å². The van der Waals surface area contributed by atoms with Crippen molar-refractivity contribution in [2.45, 2.75) is 6.54 Å². The van der Waals surface area contributed by atoms with E-state index in [0.717, 1.165) is 23.1 Å². The molecule has 0 aliphatic heterocycles. The number of nitrogens with zero attached hydrogens (tertiary/aromatic N) is 1. The summed E-state index contributed by atoms with van der Waals surface area (Å²) in [5, 5.41) is 12.7. The second-order valence-corrected chi connectivity index (χ2v) is 7.88. The molecule has 0 aliphatic carbocycles. The molecule has 1 N–H and O–H groups in total. The molecule has 0 saturated heterocycles.